The van der Waals surface area contributed by atoms with Crippen LogP contribution in [0.3, 0.4) is 0 Å². The lowest BCUT2D eigenvalue weighted by atomic mass is 10.2. The quantitative estimate of drug-likeness (QED) is 0.423. The monoisotopic (exact) mass is 473 g/mol. The highest BCUT2D eigenvalue weighted by atomic mass is 79.9. The van der Waals surface area contributed by atoms with Crippen LogP contribution in [0.1, 0.15) is 21.6 Å². The van der Waals surface area contributed by atoms with E-state index in [2.05, 4.69) is 36.9 Å². The molecule has 9 heteroatoms. The first-order chi connectivity index (χ1) is 14.0. The van der Waals surface area contributed by atoms with Crippen LogP contribution in [0.2, 0.25) is 5.15 Å². The third-order valence-corrected chi connectivity index (χ3v) is 4.78. The van der Waals surface area contributed by atoms with E-state index >= 15 is 0 Å². The number of hydrogen-bond acceptors (Lipinski definition) is 4. The number of nitrogens with zero attached hydrogens (tertiary/aromatic N) is 3. The minimum atomic E-state index is -0.464. The zero-order chi connectivity index (χ0) is 20.8. The molecule has 1 aromatic heterocycles. The molecule has 0 radical (unpaired) electrons. The van der Waals surface area contributed by atoms with Gasteiger partial charge in [-0.05, 0) is 37.3 Å². The highest BCUT2D eigenvalue weighted by Crippen LogP contribution is 2.21. The van der Waals surface area contributed by atoms with E-state index in [4.69, 9.17) is 11.6 Å². The zero-order valence-corrected chi connectivity index (χ0v) is 17.7. The van der Waals surface area contributed by atoms with Crippen molar-refractivity contribution in [3.05, 3.63) is 81.0 Å². The largest absolute Gasteiger partial charge is 0.343 e. The van der Waals surface area contributed by atoms with Crippen molar-refractivity contribution in [2.45, 2.75) is 6.92 Å². The van der Waals surface area contributed by atoms with Crippen molar-refractivity contribution in [2.24, 2.45) is 5.10 Å². The normalized spacial score (nSPS) is 10.9. The van der Waals surface area contributed by atoms with Crippen molar-refractivity contribution in [3.63, 3.8) is 0 Å². The predicted molar refractivity (Wildman–Crippen MR) is 116 cm³/mol. The van der Waals surface area contributed by atoms with Gasteiger partial charge in [-0.2, -0.15) is 10.2 Å². The fourth-order valence-electron chi connectivity index (χ4n) is 2.50. The van der Waals surface area contributed by atoms with E-state index < -0.39 is 5.91 Å². The van der Waals surface area contributed by atoms with E-state index in [1.165, 1.54) is 6.21 Å². The number of halogens is 2. The van der Waals surface area contributed by atoms with Gasteiger partial charge in [0, 0.05) is 10.0 Å². The minimum absolute atomic E-state index is 0.210. The second-order valence-corrected chi connectivity index (χ2v) is 7.30. The van der Waals surface area contributed by atoms with Gasteiger partial charge in [-0.25, -0.2) is 10.1 Å². The van der Waals surface area contributed by atoms with Crippen LogP contribution in [-0.2, 0) is 4.79 Å². The second-order valence-electron chi connectivity index (χ2n) is 6.02. The second kappa shape index (κ2) is 9.49. The summed E-state index contributed by atoms with van der Waals surface area (Å²) in [7, 11) is 0. The van der Waals surface area contributed by atoms with E-state index in [1.807, 2.05) is 36.4 Å². The number of hydrogen-bond donors (Lipinski definition) is 2. The molecular formula is C20H17BrClN5O2. The number of para-hydroxylation sites is 1. The predicted octanol–water partition coefficient (Wildman–Crippen LogP) is 3.48. The Morgan fingerprint density at radius 1 is 1.21 bits per heavy atom. The van der Waals surface area contributed by atoms with Gasteiger partial charge in [0.05, 0.1) is 29.7 Å². The number of carbonyl (C=O) groups is 2. The lowest BCUT2D eigenvalue weighted by Gasteiger charge is -2.04. The summed E-state index contributed by atoms with van der Waals surface area (Å²) in [6, 6.07) is 16.3. The molecule has 7 nitrogen and oxygen atoms in total. The Bertz CT molecular complexity index is 1070. The Balaban J connectivity index is 1.58. The van der Waals surface area contributed by atoms with E-state index in [0.717, 1.165) is 10.2 Å². The number of benzene rings is 2. The summed E-state index contributed by atoms with van der Waals surface area (Å²) in [6.45, 7) is 1.59. The molecule has 3 aromatic rings. The molecule has 3 rings (SSSR count). The van der Waals surface area contributed by atoms with Crippen LogP contribution in [-0.4, -0.2) is 34.4 Å². The van der Waals surface area contributed by atoms with Gasteiger partial charge < -0.3 is 5.32 Å². The molecule has 0 aliphatic carbocycles. The van der Waals surface area contributed by atoms with Crippen LogP contribution in [0.15, 0.2) is 64.2 Å². The zero-order valence-electron chi connectivity index (χ0n) is 15.4. The Morgan fingerprint density at radius 2 is 1.97 bits per heavy atom. The van der Waals surface area contributed by atoms with Crippen molar-refractivity contribution in [3.8, 4) is 5.69 Å². The lowest BCUT2D eigenvalue weighted by molar-refractivity contribution is -0.120. The first-order valence-electron chi connectivity index (χ1n) is 8.62. The first-order valence-corrected chi connectivity index (χ1v) is 9.79. The lowest BCUT2D eigenvalue weighted by Crippen LogP contribution is -2.34. The summed E-state index contributed by atoms with van der Waals surface area (Å²) in [5.74, 6) is -0.817. The van der Waals surface area contributed by atoms with Crippen LogP contribution in [0.4, 0.5) is 0 Å². The third-order valence-electron chi connectivity index (χ3n) is 3.93. The van der Waals surface area contributed by atoms with Crippen LogP contribution in [0.25, 0.3) is 5.69 Å². The molecule has 2 amide bonds. The smallest absolute Gasteiger partial charge is 0.259 e. The number of carbonyl (C=O) groups excluding carboxylic acids is 2. The molecule has 1 heterocycles. The number of aromatic nitrogens is 2. The van der Waals surface area contributed by atoms with Crippen molar-refractivity contribution >= 4 is 45.6 Å². The van der Waals surface area contributed by atoms with Crippen molar-refractivity contribution in [1.29, 1.82) is 0 Å². The van der Waals surface area contributed by atoms with E-state index in [9.17, 15) is 9.59 Å². The maximum absolute atomic E-state index is 12.0. The molecule has 148 valence electrons. The Kier molecular flexibility index (Phi) is 6.79. The van der Waals surface area contributed by atoms with E-state index in [0.29, 0.717) is 22.0 Å². The fraction of sp³-hybridized carbons (Fsp3) is 0.100. The molecule has 0 aliphatic heterocycles. The summed E-state index contributed by atoms with van der Waals surface area (Å²) >= 11 is 9.70. The highest BCUT2D eigenvalue weighted by Gasteiger charge is 2.13. The Hall–Kier alpha value is -2.97. The van der Waals surface area contributed by atoms with E-state index in [1.54, 1.807) is 29.8 Å². The van der Waals surface area contributed by atoms with Crippen LogP contribution < -0.4 is 10.7 Å². The van der Waals surface area contributed by atoms with Gasteiger partial charge in [-0.3, -0.25) is 9.59 Å². The number of hydrazone groups is 1. The van der Waals surface area contributed by atoms with Gasteiger partial charge >= 0.3 is 0 Å². The molecule has 0 spiro atoms. The number of nitrogens with one attached hydrogen (secondary N) is 2. The molecule has 0 unspecified atom stereocenters. The first kappa shape index (κ1) is 20.8. The SMILES string of the molecule is Cc1nn(-c2ccccc2)c(Cl)c1C=NNC(=O)CNC(=O)c1cccc(Br)c1. The molecule has 0 aliphatic rings. The summed E-state index contributed by atoms with van der Waals surface area (Å²) in [6.07, 6.45) is 1.43. The Labute approximate surface area is 180 Å². The van der Waals surface area contributed by atoms with E-state index in [-0.39, 0.29) is 12.5 Å². The van der Waals surface area contributed by atoms with Gasteiger partial charge in [-0.1, -0.05) is 51.8 Å². The molecule has 0 saturated carbocycles. The summed E-state index contributed by atoms with van der Waals surface area (Å²) < 4.78 is 2.38. The Morgan fingerprint density at radius 3 is 2.69 bits per heavy atom. The van der Waals surface area contributed by atoms with Gasteiger partial charge in [0.25, 0.3) is 11.8 Å². The molecule has 29 heavy (non-hydrogen) atoms. The summed E-state index contributed by atoms with van der Waals surface area (Å²) in [5.41, 5.74) is 4.89. The molecule has 0 bridgehead atoms. The molecule has 0 fully saturated rings. The fourth-order valence-corrected chi connectivity index (χ4v) is 3.22. The van der Waals surface area contributed by atoms with Gasteiger partial charge in [0.15, 0.2) is 0 Å². The molecule has 2 N–H and O–H groups in total. The van der Waals surface area contributed by atoms with Crippen LogP contribution in [0.5, 0.6) is 0 Å². The van der Waals surface area contributed by atoms with Gasteiger partial charge in [0.1, 0.15) is 5.15 Å². The van der Waals surface area contributed by atoms with Gasteiger partial charge in [0.2, 0.25) is 0 Å². The minimum Gasteiger partial charge on any atom is -0.343 e. The molecule has 2 aromatic carbocycles. The summed E-state index contributed by atoms with van der Waals surface area (Å²) in [5, 5.41) is 11.2. The number of aryl methyl sites for hydroxylation is 1. The number of rotatable bonds is 6. The number of amides is 2. The van der Waals surface area contributed by atoms with Gasteiger partial charge in [-0.15, -0.1) is 0 Å². The topological polar surface area (TPSA) is 88.4 Å². The maximum atomic E-state index is 12.0. The highest BCUT2D eigenvalue weighted by molar-refractivity contribution is 9.10. The molecule has 0 saturated heterocycles. The standard InChI is InChI=1S/C20H17BrClN5O2/c1-13-17(19(22)27(26-13)16-8-3-2-4-9-16)11-24-25-18(28)12-23-20(29)14-6-5-7-15(21)10-14/h2-11H,12H2,1H3,(H,23,29)(H,25,28). The van der Waals surface area contributed by atoms with Crippen LogP contribution in [0, 0.1) is 6.92 Å². The average molecular weight is 475 g/mol. The van der Waals surface area contributed by atoms with Crippen molar-refractivity contribution in [1.82, 2.24) is 20.5 Å². The molecular weight excluding hydrogens is 458 g/mol. The van der Waals surface area contributed by atoms with Crippen molar-refractivity contribution in [2.75, 3.05) is 6.54 Å². The average Bonchev–Trinajstić information content (AvgIpc) is 3.01. The van der Waals surface area contributed by atoms with Crippen LogP contribution >= 0.6 is 27.5 Å². The maximum Gasteiger partial charge on any atom is 0.259 e. The van der Waals surface area contributed by atoms with Crippen molar-refractivity contribution < 1.29 is 9.59 Å². The third kappa shape index (κ3) is 5.30. The summed E-state index contributed by atoms with van der Waals surface area (Å²) in [4.78, 5) is 24.0. The molecule has 0 atom stereocenters.